The minimum Gasteiger partial charge on any atom is -0.491 e. The van der Waals surface area contributed by atoms with E-state index >= 15 is 0 Å². The van der Waals surface area contributed by atoms with Crippen molar-refractivity contribution in [3.63, 3.8) is 0 Å². The average Bonchev–Trinajstić information content (AvgIpc) is 3.91. The molecule has 340 valence electrons. The number of aromatic nitrogens is 2. The number of carboxylic acids is 1. The number of fused-ring (bicyclic) bond motifs is 2. The molecule has 2 saturated heterocycles. The monoisotopic (exact) mass is 888 g/mol. The lowest BCUT2D eigenvalue weighted by molar-refractivity contribution is -0.165. The lowest BCUT2D eigenvalue weighted by Gasteiger charge is -2.35. The molecule has 4 unspecified atom stereocenters. The molecule has 5 fully saturated rings. The van der Waals surface area contributed by atoms with E-state index in [4.69, 9.17) is 33.7 Å². The van der Waals surface area contributed by atoms with Crippen LogP contribution >= 0.6 is 11.3 Å². The molecule has 9 atom stereocenters. The number of anilines is 1. The van der Waals surface area contributed by atoms with E-state index in [2.05, 4.69) is 22.5 Å². The average molecular weight is 889 g/mol. The molecule has 8 rings (SSSR count). The standard InChI is InChI=1S/C46H60N6O10S/c1-7-28-22-46(28,42(55)56)51-40(53)36-20-31(23-52(36)41(54)39(45(4,5)6)50-44(57)62-30-17-26-16-27(26)18-30)61-37-21-34(35-24-63-43(49-35)47-25(2)3)48-33-19-29(11-12-32(33)37)58-14-15-60-38-10-8-9-13-59-38/h7,11-12,19,21,24-28,30-31,36,38-39H,1,8-10,13-18,20,22-23H2,2-6H3,(H,47,49)(H,50,57)(H,51,53)(H,55,56)/t26-,27+,28-,30?,31+,36+,38?,39?,46?/m1/s1. The normalized spacial score (nSPS) is 27.9. The molecule has 1 aromatic carbocycles. The molecule has 2 aromatic heterocycles. The molecule has 63 heavy (non-hydrogen) atoms. The number of aliphatic carboxylic acids is 1. The topological polar surface area (TPSA) is 200 Å². The third kappa shape index (κ3) is 10.2. The number of likely N-dealkylation sites (tertiary alicyclic amines) is 1. The fourth-order valence-corrected chi connectivity index (χ4v) is 9.98. The van der Waals surface area contributed by atoms with Crippen molar-refractivity contribution in [3.05, 3.63) is 42.3 Å². The highest BCUT2D eigenvalue weighted by molar-refractivity contribution is 7.14. The summed E-state index contributed by atoms with van der Waals surface area (Å²) in [5.74, 6) is -0.552. The number of benzene rings is 1. The van der Waals surface area contributed by atoms with Gasteiger partial charge in [0.25, 0.3) is 0 Å². The fraction of sp³-hybridized carbons (Fsp3) is 0.609. The predicted molar refractivity (Wildman–Crippen MR) is 235 cm³/mol. The maximum atomic E-state index is 14.8. The highest BCUT2D eigenvalue weighted by Crippen LogP contribution is 2.52. The third-order valence-corrected chi connectivity index (χ3v) is 13.5. The van der Waals surface area contributed by atoms with Gasteiger partial charge < -0.3 is 49.6 Å². The number of pyridine rings is 1. The van der Waals surface area contributed by atoms with Crippen LogP contribution in [0.3, 0.4) is 0 Å². The molecule has 3 saturated carbocycles. The zero-order valence-corrected chi connectivity index (χ0v) is 37.5. The van der Waals surface area contributed by atoms with Crippen LogP contribution in [0, 0.1) is 23.2 Å². The molecule has 4 N–H and O–H groups in total. The number of carbonyl (C=O) groups is 4. The van der Waals surface area contributed by atoms with Gasteiger partial charge >= 0.3 is 12.1 Å². The van der Waals surface area contributed by atoms with Gasteiger partial charge in [0.1, 0.15) is 53.6 Å². The second-order valence-electron chi connectivity index (χ2n) is 19.0. The zero-order chi connectivity index (χ0) is 44.6. The van der Waals surface area contributed by atoms with Gasteiger partial charge in [0.15, 0.2) is 11.4 Å². The number of thiazole rings is 1. The number of hydrogen-bond donors (Lipinski definition) is 4. The highest BCUT2D eigenvalue weighted by Gasteiger charge is 2.61. The van der Waals surface area contributed by atoms with Crippen molar-refractivity contribution in [2.24, 2.45) is 23.2 Å². The van der Waals surface area contributed by atoms with E-state index in [1.54, 1.807) is 6.07 Å². The molecule has 2 aliphatic heterocycles. The van der Waals surface area contributed by atoms with Crippen LogP contribution in [0.5, 0.6) is 11.5 Å². The van der Waals surface area contributed by atoms with Gasteiger partial charge in [0.2, 0.25) is 11.8 Å². The predicted octanol–water partition coefficient (Wildman–Crippen LogP) is 6.53. The number of carbonyl (C=O) groups excluding carboxylic acids is 3. The molecule has 0 spiro atoms. The van der Waals surface area contributed by atoms with Gasteiger partial charge in [-0.3, -0.25) is 9.59 Å². The van der Waals surface area contributed by atoms with E-state index in [0.717, 1.165) is 37.2 Å². The highest BCUT2D eigenvalue weighted by atomic mass is 32.1. The van der Waals surface area contributed by atoms with Crippen LogP contribution in [0.25, 0.3) is 22.3 Å². The number of ether oxygens (including phenoxy) is 5. The van der Waals surface area contributed by atoms with Crippen LogP contribution in [0.1, 0.15) is 86.0 Å². The largest absolute Gasteiger partial charge is 0.491 e. The molecule has 4 heterocycles. The summed E-state index contributed by atoms with van der Waals surface area (Å²) in [5.41, 5.74) is -0.566. The first-order valence-electron chi connectivity index (χ1n) is 22.3. The molecule has 3 aromatic rings. The van der Waals surface area contributed by atoms with Crippen molar-refractivity contribution in [3.8, 4) is 22.9 Å². The Morgan fingerprint density at radius 1 is 1.05 bits per heavy atom. The molecule has 3 amide bonds. The minimum absolute atomic E-state index is 0.0264. The minimum atomic E-state index is -1.53. The zero-order valence-electron chi connectivity index (χ0n) is 36.7. The van der Waals surface area contributed by atoms with Crippen molar-refractivity contribution in [1.29, 1.82) is 0 Å². The summed E-state index contributed by atoms with van der Waals surface area (Å²) in [6.45, 7) is 14.7. The molecule has 16 nitrogen and oxygen atoms in total. The molecular weight excluding hydrogens is 829 g/mol. The summed E-state index contributed by atoms with van der Waals surface area (Å²) in [6, 6.07) is 5.29. The Morgan fingerprint density at radius 3 is 2.52 bits per heavy atom. The number of nitrogens with one attached hydrogen (secondary N) is 3. The number of nitrogens with zero attached hydrogens (tertiary/aromatic N) is 3. The summed E-state index contributed by atoms with van der Waals surface area (Å²) in [5, 5.41) is 22.4. The third-order valence-electron chi connectivity index (χ3n) is 12.7. The molecule has 0 bridgehead atoms. The molecular formula is C46H60N6O10S. The SMILES string of the molecule is C=C[C@@H]1CC1(NC(=O)[C@@H]1C[C@H](Oc2cc(-c3csc(NC(C)C)n3)nc3cc(OCCOC4CCCCO4)ccc23)CN1C(=O)C(NC(=O)OC1C[C@@H]2C[C@@H]2C1)C(C)(C)C)C(=O)O. The quantitative estimate of drug-likeness (QED) is 0.0843. The van der Waals surface area contributed by atoms with E-state index < -0.39 is 58.9 Å². The number of rotatable bonds is 17. The lowest BCUT2D eigenvalue weighted by atomic mass is 9.85. The van der Waals surface area contributed by atoms with Crippen LogP contribution in [-0.2, 0) is 28.6 Å². The van der Waals surface area contributed by atoms with Crippen LogP contribution < -0.4 is 25.4 Å². The Labute approximate surface area is 371 Å². The van der Waals surface area contributed by atoms with Crippen LogP contribution in [0.4, 0.5) is 9.93 Å². The first kappa shape index (κ1) is 44.6. The van der Waals surface area contributed by atoms with Gasteiger partial charge in [-0.1, -0.05) is 26.8 Å². The van der Waals surface area contributed by atoms with Crippen LogP contribution in [-0.4, -0.2) is 112 Å². The van der Waals surface area contributed by atoms with Crippen molar-refractivity contribution in [1.82, 2.24) is 25.5 Å². The van der Waals surface area contributed by atoms with E-state index in [1.807, 2.05) is 58.2 Å². The van der Waals surface area contributed by atoms with Gasteiger partial charge in [0, 0.05) is 47.9 Å². The van der Waals surface area contributed by atoms with Gasteiger partial charge in [-0.15, -0.1) is 17.9 Å². The Bertz CT molecular complexity index is 2190. The van der Waals surface area contributed by atoms with Crippen molar-refractivity contribution in [2.45, 2.75) is 128 Å². The second-order valence-corrected chi connectivity index (χ2v) is 19.9. The lowest BCUT2D eigenvalue weighted by Crippen LogP contribution is -2.59. The maximum Gasteiger partial charge on any atom is 0.408 e. The summed E-state index contributed by atoms with van der Waals surface area (Å²) in [4.78, 5) is 66.0. The van der Waals surface area contributed by atoms with Gasteiger partial charge in [-0.25, -0.2) is 19.6 Å². The van der Waals surface area contributed by atoms with E-state index in [-0.39, 0.29) is 37.8 Å². The Balaban J connectivity index is 1.06. The maximum absolute atomic E-state index is 14.8. The smallest absolute Gasteiger partial charge is 0.408 e. The Morgan fingerprint density at radius 2 is 1.84 bits per heavy atom. The molecule has 5 aliphatic rings. The Kier molecular flexibility index (Phi) is 12.9. The van der Waals surface area contributed by atoms with Crippen molar-refractivity contribution in [2.75, 3.05) is 31.7 Å². The van der Waals surface area contributed by atoms with Crippen LogP contribution in [0.15, 0.2) is 42.3 Å². The van der Waals surface area contributed by atoms with Crippen LogP contribution in [0.2, 0.25) is 0 Å². The fourth-order valence-electron chi connectivity index (χ4n) is 9.13. The molecule has 17 heteroatoms. The first-order valence-corrected chi connectivity index (χ1v) is 23.1. The first-order chi connectivity index (χ1) is 30.1. The van der Waals surface area contributed by atoms with Crippen molar-refractivity contribution < 1.29 is 48.0 Å². The Hall–Kier alpha value is -5.00. The molecule has 3 aliphatic carbocycles. The van der Waals surface area contributed by atoms with E-state index in [1.165, 1.54) is 28.7 Å². The van der Waals surface area contributed by atoms with Gasteiger partial charge in [0.05, 0.1) is 24.4 Å². The van der Waals surface area contributed by atoms with E-state index in [9.17, 15) is 24.3 Å². The van der Waals surface area contributed by atoms with Crippen molar-refractivity contribution >= 4 is 51.2 Å². The second kappa shape index (κ2) is 18.2. The van der Waals surface area contributed by atoms with Gasteiger partial charge in [-0.05, 0) is 88.2 Å². The van der Waals surface area contributed by atoms with Gasteiger partial charge in [-0.2, -0.15) is 0 Å². The number of alkyl carbamates (subject to hydrolysis) is 1. The number of carboxylic acid groups (broad SMARTS) is 1. The van der Waals surface area contributed by atoms with E-state index in [0.29, 0.717) is 65.4 Å². The number of amides is 3. The number of hydrogen-bond acceptors (Lipinski definition) is 13. The summed E-state index contributed by atoms with van der Waals surface area (Å²) in [7, 11) is 0. The summed E-state index contributed by atoms with van der Waals surface area (Å²) < 4.78 is 30.2. The summed E-state index contributed by atoms with van der Waals surface area (Å²) >= 11 is 1.46. The summed E-state index contributed by atoms with van der Waals surface area (Å²) in [6.07, 6.45) is 5.69. The molecule has 0 radical (unpaired) electrons.